The fourth-order valence-electron chi connectivity index (χ4n) is 10.2. The first-order valence-electron chi connectivity index (χ1n) is 23.9. The Morgan fingerprint density at radius 3 is 2.48 bits per heavy atom. The molecule has 5 atom stereocenters. The number of nitrogens with one attached hydrogen (secondary N) is 2. The molecule has 0 radical (unpaired) electrons. The number of hydrogen-bond acceptors (Lipinski definition) is 10. The number of aromatic nitrogens is 2. The number of amides is 4. The highest BCUT2D eigenvalue weighted by Gasteiger charge is 2.40. The molecule has 7 rings (SSSR count). The number of benzene rings is 2. The van der Waals surface area contributed by atoms with Crippen molar-refractivity contribution in [3.05, 3.63) is 77.6 Å². The van der Waals surface area contributed by atoms with Gasteiger partial charge in [0.1, 0.15) is 18.1 Å². The predicted octanol–water partition coefficient (Wildman–Crippen LogP) is 5.64. The smallest absolute Gasteiger partial charge is 0.324 e. The molecule has 3 aliphatic rings. The van der Waals surface area contributed by atoms with Crippen LogP contribution in [0.1, 0.15) is 83.7 Å². The molecular formula is C52H70N8O7. The van der Waals surface area contributed by atoms with Crippen LogP contribution in [0.25, 0.3) is 33.3 Å². The summed E-state index contributed by atoms with van der Waals surface area (Å²) in [6, 6.07) is 15.9. The number of esters is 1. The molecule has 4 aromatic rings. The third-order valence-corrected chi connectivity index (χ3v) is 13.6. The Kier molecular flexibility index (Phi) is 15.2. The van der Waals surface area contributed by atoms with Crippen molar-refractivity contribution in [1.29, 1.82) is 0 Å². The number of cyclic esters (lactones) is 1. The summed E-state index contributed by atoms with van der Waals surface area (Å²) in [5, 5.41) is 5.60. The average molecular weight is 919 g/mol. The van der Waals surface area contributed by atoms with Crippen molar-refractivity contribution >= 4 is 40.5 Å². The van der Waals surface area contributed by atoms with Gasteiger partial charge in [-0.1, -0.05) is 58.0 Å². The lowest BCUT2D eigenvalue weighted by Gasteiger charge is -2.37. The van der Waals surface area contributed by atoms with E-state index >= 15 is 0 Å². The van der Waals surface area contributed by atoms with Gasteiger partial charge >= 0.3 is 5.97 Å². The van der Waals surface area contributed by atoms with Crippen LogP contribution in [0.3, 0.4) is 0 Å². The zero-order chi connectivity index (χ0) is 48.3. The third-order valence-electron chi connectivity index (χ3n) is 13.6. The highest BCUT2D eigenvalue weighted by molar-refractivity contribution is 5.96. The van der Waals surface area contributed by atoms with Crippen LogP contribution < -0.4 is 10.7 Å². The molecule has 0 unspecified atom stereocenters. The van der Waals surface area contributed by atoms with Gasteiger partial charge in [0.25, 0.3) is 5.91 Å². The van der Waals surface area contributed by atoms with E-state index in [1.165, 1.54) is 9.91 Å². The van der Waals surface area contributed by atoms with Crippen LogP contribution in [0.15, 0.2) is 60.8 Å². The Morgan fingerprint density at radius 1 is 1.00 bits per heavy atom. The Hall–Kier alpha value is -5.64. The zero-order valence-corrected chi connectivity index (χ0v) is 41.1. The van der Waals surface area contributed by atoms with Crippen LogP contribution >= 0.6 is 0 Å². The first-order valence-corrected chi connectivity index (χ1v) is 23.9. The number of hydrogen-bond donors (Lipinski definition) is 2. The van der Waals surface area contributed by atoms with E-state index in [0.29, 0.717) is 51.9 Å². The molecule has 2 aromatic carbocycles. The van der Waals surface area contributed by atoms with E-state index < -0.39 is 47.2 Å². The van der Waals surface area contributed by atoms with Gasteiger partial charge in [-0.25, -0.2) is 5.43 Å². The standard InChI is InChI=1S/C52H70N8O7/c1-11-59-43-20-19-36-27-39(43)40(47(59)38-17-13-22-53-45(38)33(4)66-10)28-52(5,6)31-67-51(65)41-18-14-23-60(55-41)50(64)42(26-34-15-12-16-35(36)25-34)54-48(62)46(32(2)3)57(9)49(63)37-21-24-58(29-37)44(61)30-56(7)8/h12-13,15-17,19-20,22,25,27,32-33,37,41-42,46,55H,11,14,18,21,23-24,26,28-31H2,1-10H3,(H,54,62)/t33-,37-,41-,42-,46-/m0/s1. The number of hydrazine groups is 1. The molecule has 15 heteroatoms. The van der Waals surface area contributed by atoms with Gasteiger partial charge in [-0.15, -0.1) is 0 Å². The summed E-state index contributed by atoms with van der Waals surface area (Å²) in [5.74, 6) is -2.29. The number of ether oxygens (including phenoxy) is 2. The summed E-state index contributed by atoms with van der Waals surface area (Å²) >= 11 is 0. The van der Waals surface area contributed by atoms with Gasteiger partial charge in [0.05, 0.1) is 36.6 Å². The fraction of sp³-hybridized carbons (Fsp3) is 0.538. The quantitative estimate of drug-likeness (QED) is 0.181. The second-order valence-corrected chi connectivity index (χ2v) is 20.0. The third kappa shape index (κ3) is 10.7. The first-order chi connectivity index (χ1) is 31.9. The number of carbonyl (C=O) groups is 5. The van der Waals surface area contributed by atoms with Crippen molar-refractivity contribution in [1.82, 2.24) is 40.0 Å². The Morgan fingerprint density at radius 2 is 1.76 bits per heavy atom. The molecule has 0 spiro atoms. The zero-order valence-electron chi connectivity index (χ0n) is 41.1. The van der Waals surface area contributed by atoms with E-state index in [-0.39, 0.29) is 43.4 Å². The van der Waals surface area contributed by atoms with Crippen LogP contribution in [-0.4, -0.2) is 138 Å². The molecule has 15 nitrogen and oxygen atoms in total. The van der Waals surface area contributed by atoms with Crippen LogP contribution in [0.5, 0.6) is 0 Å². The maximum absolute atomic E-state index is 14.7. The molecule has 360 valence electrons. The number of pyridine rings is 1. The molecule has 5 heterocycles. The molecule has 0 aliphatic carbocycles. The van der Waals surface area contributed by atoms with Crippen molar-refractivity contribution in [2.45, 2.75) is 104 Å². The molecule has 4 amide bonds. The van der Waals surface area contributed by atoms with Gasteiger partial charge in [0, 0.05) is 74.8 Å². The summed E-state index contributed by atoms with van der Waals surface area (Å²) < 4.78 is 14.3. The van der Waals surface area contributed by atoms with Crippen molar-refractivity contribution < 1.29 is 33.4 Å². The molecule has 0 saturated carbocycles. The molecule has 2 aromatic heterocycles. The minimum Gasteiger partial charge on any atom is -0.464 e. The second kappa shape index (κ2) is 20.7. The van der Waals surface area contributed by atoms with Gasteiger partial charge in [0.2, 0.25) is 17.7 Å². The lowest BCUT2D eigenvalue weighted by molar-refractivity contribution is -0.155. The number of likely N-dealkylation sites (N-methyl/N-ethyl adjacent to an activating group) is 2. The molecule has 2 N–H and O–H groups in total. The summed E-state index contributed by atoms with van der Waals surface area (Å²) in [4.78, 5) is 79.9. The van der Waals surface area contributed by atoms with Crippen molar-refractivity contribution in [2.75, 3.05) is 61.0 Å². The van der Waals surface area contributed by atoms with E-state index in [1.54, 1.807) is 30.2 Å². The number of aryl methyl sites for hydroxylation is 1. The largest absolute Gasteiger partial charge is 0.464 e. The first kappa shape index (κ1) is 49.3. The van der Waals surface area contributed by atoms with Crippen LogP contribution in [0, 0.1) is 17.3 Å². The number of nitrogens with zero attached hydrogens (tertiary/aromatic N) is 6. The summed E-state index contributed by atoms with van der Waals surface area (Å²) in [7, 11) is 6.99. The van der Waals surface area contributed by atoms with Crippen molar-refractivity contribution in [3.63, 3.8) is 0 Å². The Labute approximate surface area is 395 Å². The van der Waals surface area contributed by atoms with Gasteiger partial charge in [-0.2, -0.15) is 0 Å². The Balaban J connectivity index is 1.27. The highest BCUT2D eigenvalue weighted by Crippen LogP contribution is 2.42. The molecular weight excluding hydrogens is 849 g/mol. The summed E-state index contributed by atoms with van der Waals surface area (Å²) in [6.45, 7) is 14.3. The lowest BCUT2D eigenvalue weighted by Crippen LogP contribution is -2.62. The number of carbonyl (C=O) groups excluding carboxylic acids is 5. The lowest BCUT2D eigenvalue weighted by atomic mass is 9.84. The van der Waals surface area contributed by atoms with Crippen LogP contribution in [0.2, 0.25) is 0 Å². The summed E-state index contributed by atoms with van der Waals surface area (Å²) in [6.07, 6.45) is 3.82. The van der Waals surface area contributed by atoms with Crippen molar-refractivity contribution in [3.8, 4) is 22.4 Å². The minimum absolute atomic E-state index is 0.0391. The molecule has 2 saturated heterocycles. The summed E-state index contributed by atoms with van der Waals surface area (Å²) in [5.41, 5.74) is 10.5. The second-order valence-electron chi connectivity index (χ2n) is 20.0. The van der Waals surface area contributed by atoms with E-state index in [0.717, 1.165) is 50.1 Å². The minimum atomic E-state index is -1.04. The van der Waals surface area contributed by atoms with E-state index in [4.69, 9.17) is 14.5 Å². The number of methoxy groups -OCH3 is 1. The Bertz CT molecular complexity index is 2480. The number of fused-ring (bicyclic) bond motifs is 6. The monoisotopic (exact) mass is 919 g/mol. The van der Waals surface area contributed by atoms with Gasteiger partial charge in [0.15, 0.2) is 0 Å². The van der Waals surface area contributed by atoms with Crippen LogP contribution in [0.4, 0.5) is 0 Å². The van der Waals surface area contributed by atoms with E-state index in [1.807, 2.05) is 53.1 Å². The molecule has 67 heavy (non-hydrogen) atoms. The fourth-order valence-corrected chi connectivity index (χ4v) is 10.2. The molecule has 6 bridgehead atoms. The molecule has 2 fully saturated rings. The maximum atomic E-state index is 14.7. The van der Waals surface area contributed by atoms with E-state index in [2.05, 4.69) is 72.5 Å². The van der Waals surface area contributed by atoms with Crippen molar-refractivity contribution in [2.24, 2.45) is 17.3 Å². The highest BCUT2D eigenvalue weighted by atomic mass is 16.5. The van der Waals surface area contributed by atoms with Crippen LogP contribution in [-0.2, 0) is 52.8 Å². The number of likely N-dealkylation sites (tertiary alicyclic amines) is 1. The van der Waals surface area contributed by atoms with Gasteiger partial charge < -0.3 is 34.1 Å². The molecule has 3 aliphatic heterocycles. The van der Waals surface area contributed by atoms with Gasteiger partial charge in [-0.05, 0) is 106 Å². The SMILES string of the molecule is CCn1c(-c2cccnc2[C@H](C)OC)c2c3cc(ccc31)-c1cccc(c1)C[C@H](NC(=O)[C@H](C(C)C)N(C)C(=O)[C@H]1CCN(C(=O)CN(C)C)C1)C(=O)N1CCC[C@H](N1)C(=O)OCC(C)(C)C2. The maximum Gasteiger partial charge on any atom is 0.324 e. The van der Waals surface area contributed by atoms with Gasteiger partial charge in [-0.3, -0.25) is 34.0 Å². The van der Waals surface area contributed by atoms with E-state index in [9.17, 15) is 24.0 Å². The average Bonchev–Trinajstić information content (AvgIpc) is 3.92. The normalized spacial score (nSPS) is 21.0. The topological polar surface area (TPSA) is 159 Å². The predicted molar refractivity (Wildman–Crippen MR) is 258 cm³/mol. The number of rotatable bonds is 11.